The zero-order valence-corrected chi connectivity index (χ0v) is 11.8. The number of nitrogens with zero attached hydrogens (tertiary/aromatic N) is 1. The van der Waals surface area contributed by atoms with Crippen molar-refractivity contribution >= 4 is 32.6 Å². The highest BCUT2D eigenvalue weighted by Gasteiger charge is 2.34. The summed E-state index contributed by atoms with van der Waals surface area (Å²) in [5.41, 5.74) is 1.98. The molecule has 1 atom stereocenters. The van der Waals surface area contributed by atoms with E-state index in [1.165, 1.54) is 10.8 Å². The Balaban J connectivity index is 1.82. The second kappa shape index (κ2) is 4.05. The van der Waals surface area contributed by atoms with Crippen molar-refractivity contribution < 1.29 is 9.53 Å². The van der Waals surface area contributed by atoms with Gasteiger partial charge in [-0.2, -0.15) is 0 Å². The van der Waals surface area contributed by atoms with Gasteiger partial charge in [-0.05, 0) is 34.5 Å². The van der Waals surface area contributed by atoms with Crippen molar-refractivity contribution in [1.82, 2.24) is 4.90 Å². The molecule has 0 aromatic heterocycles. The lowest BCUT2D eigenvalue weighted by Gasteiger charge is -2.13. The predicted octanol–water partition coefficient (Wildman–Crippen LogP) is 2.96. The summed E-state index contributed by atoms with van der Waals surface area (Å²) in [7, 11) is 0. The number of ether oxygens (including phenoxy) is 1. The van der Waals surface area contributed by atoms with Crippen molar-refractivity contribution in [3.63, 3.8) is 0 Å². The smallest absolute Gasteiger partial charge is 0.254 e. The van der Waals surface area contributed by atoms with E-state index in [-0.39, 0.29) is 12.0 Å². The van der Waals surface area contributed by atoms with Crippen molar-refractivity contribution in [3.8, 4) is 0 Å². The Hall–Kier alpha value is -1.39. The van der Waals surface area contributed by atoms with Crippen LogP contribution < -0.4 is 0 Å². The van der Waals surface area contributed by atoms with Gasteiger partial charge in [-0.15, -0.1) is 0 Å². The van der Waals surface area contributed by atoms with Crippen molar-refractivity contribution in [2.24, 2.45) is 0 Å². The summed E-state index contributed by atoms with van der Waals surface area (Å²) in [4.78, 5) is 14.2. The molecule has 3 nitrogen and oxygen atoms in total. The number of carbonyl (C=O) groups is 1. The summed E-state index contributed by atoms with van der Waals surface area (Å²) in [5.74, 6) is 0.132. The quantitative estimate of drug-likeness (QED) is 0.798. The van der Waals surface area contributed by atoms with Gasteiger partial charge in [0, 0.05) is 23.1 Å². The summed E-state index contributed by atoms with van der Waals surface area (Å²) in [6.45, 7) is 2.19. The Morgan fingerprint density at radius 2 is 2.11 bits per heavy atom. The molecule has 1 unspecified atom stereocenters. The molecule has 2 aliphatic rings. The SMILES string of the molecule is O=C1c2ccc3ccc(Br)cc3c2CN1CC1CO1. The van der Waals surface area contributed by atoms with Gasteiger partial charge in [-0.1, -0.05) is 28.1 Å². The van der Waals surface area contributed by atoms with Gasteiger partial charge in [0.1, 0.15) is 0 Å². The number of fused-ring (bicyclic) bond motifs is 3. The molecule has 1 amide bonds. The molecule has 2 aromatic carbocycles. The van der Waals surface area contributed by atoms with Gasteiger partial charge in [-0.25, -0.2) is 0 Å². The first kappa shape index (κ1) is 11.4. The Kier molecular flexibility index (Phi) is 2.44. The number of carbonyl (C=O) groups excluding carboxylic acids is 1. The zero-order valence-electron chi connectivity index (χ0n) is 10.2. The lowest BCUT2D eigenvalue weighted by Crippen LogP contribution is -2.28. The van der Waals surface area contributed by atoms with Gasteiger partial charge >= 0.3 is 0 Å². The van der Waals surface area contributed by atoms with Gasteiger partial charge in [0.15, 0.2) is 0 Å². The molecule has 0 radical (unpaired) electrons. The Labute approximate surface area is 119 Å². The van der Waals surface area contributed by atoms with E-state index in [2.05, 4.69) is 28.1 Å². The van der Waals surface area contributed by atoms with Gasteiger partial charge in [0.25, 0.3) is 5.91 Å². The number of benzene rings is 2. The largest absolute Gasteiger partial charge is 0.371 e. The van der Waals surface area contributed by atoms with Gasteiger partial charge in [-0.3, -0.25) is 4.79 Å². The molecule has 96 valence electrons. The number of halogens is 1. The minimum atomic E-state index is 0.132. The van der Waals surface area contributed by atoms with Crippen LogP contribution in [0.2, 0.25) is 0 Å². The van der Waals surface area contributed by atoms with E-state index in [1.807, 2.05) is 23.1 Å². The molecule has 19 heavy (non-hydrogen) atoms. The molecule has 0 spiro atoms. The van der Waals surface area contributed by atoms with Crippen molar-refractivity contribution in [2.75, 3.05) is 13.2 Å². The summed E-state index contributed by atoms with van der Waals surface area (Å²) in [6, 6.07) is 10.2. The molecular weight excluding hydrogens is 306 g/mol. The molecule has 0 saturated carbocycles. The Bertz CT molecular complexity index is 694. The molecule has 0 N–H and O–H groups in total. The predicted molar refractivity (Wildman–Crippen MR) is 76.1 cm³/mol. The van der Waals surface area contributed by atoms with E-state index in [4.69, 9.17) is 4.74 Å². The third-order valence-corrected chi connectivity index (χ3v) is 4.28. The van der Waals surface area contributed by atoms with Gasteiger partial charge in [0.2, 0.25) is 0 Å². The van der Waals surface area contributed by atoms with E-state index >= 15 is 0 Å². The van der Waals surface area contributed by atoms with Crippen LogP contribution in [0.3, 0.4) is 0 Å². The molecule has 2 heterocycles. The number of epoxide rings is 1. The van der Waals surface area contributed by atoms with Crippen molar-refractivity contribution in [1.29, 1.82) is 0 Å². The van der Waals surface area contributed by atoms with Crippen LogP contribution in [0, 0.1) is 0 Å². The van der Waals surface area contributed by atoms with Crippen LogP contribution in [0.25, 0.3) is 10.8 Å². The van der Waals surface area contributed by atoms with Crippen LogP contribution >= 0.6 is 15.9 Å². The Morgan fingerprint density at radius 3 is 2.89 bits per heavy atom. The fourth-order valence-corrected chi connectivity index (χ4v) is 3.09. The minimum Gasteiger partial charge on any atom is -0.371 e. The maximum absolute atomic E-state index is 12.3. The summed E-state index contributed by atoms with van der Waals surface area (Å²) in [5, 5.41) is 2.35. The monoisotopic (exact) mass is 317 g/mol. The molecular formula is C15H12BrNO2. The molecule has 2 aliphatic heterocycles. The average Bonchev–Trinajstić information content (AvgIpc) is 3.16. The number of rotatable bonds is 2. The molecule has 4 heteroatoms. The summed E-state index contributed by atoms with van der Waals surface area (Å²) in [6.07, 6.45) is 0.247. The standard InChI is InChI=1S/C15H12BrNO2/c16-10-3-1-9-2-4-12-14(13(9)5-10)7-17(15(12)18)6-11-8-19-11/h1-5,11H,6-8H2. The lowest BCUT2D eigenvalue weighted by atomic mass is 10.0. The Morgan fingerprint density at radius 1 is 1.32 bits per heavy atom. The summed E-state index contributed by atoms with van der Waals surface area (Å²) >= 11 is 3.50. The molecule has 2 aromatic rings. The molecule has 1 fully saturated rings. The fourth-order valence-electron chi connectivity index (χ4n) is 2.72. The lowest BCUT2D eigenvalue weighted by molar-refractivity contribution is 0.0766. The van der Waals surface area contributed by atoms with Gasteiger partial charge < -0.3 is 9.64 Å². The van der Waals surface area contributed by atoms with E-state index < -0.39 is 0 Å². The highest BCUT2D eigenvalue weighted by atomic mass is 79.9. The molecule has 0 aliphatic carbocycles. The average molecular weight is 318 g/mol. The maximum Gasteiger partial charge on any atom is 0.254 e. The highest BCUT2D eigenvalue weighted by Crippen LogP contribution is 2.32. The van der Waals surface area contributed by atoms with Crippen molar-refractivity contribution in [2.45, 2.75) is 12.6 Å². The number of hydrogen-bond acceptors (Lipinski definition) is 2. The van der Waals surface area contributed by atoms with E-state index in [9.17, 15) is 4.79 Å². The maximum atomic E-state index is 12.3. The van der Waals surface area contributed by atoms with Crippen LogP contribution in [0.15, 0.2) is 34.8 Å². The zero-order chi connectivity index (χ0) is 13.0. The first-order chi connectivity index (χ1) is 9.22. The second-order valence-electron chi connectivity index (χ2n) is 5.10. The van der Waals surface area contributed by atoms with Crippen LogP contribution in [0.1, 0.15) is 15.9 Å². The third-order valence-electron chi connectivity index (χ3n) is 3.79. The van der Waals surface area contributed by atoms with E-state index in [0.717, 1.165) is 22.2 Å². The third kappa shape index (κ3) is 1.86. The van der Waals surface area contributed by atoms with Crippen LogP contribution in [0.4, 0.5) is 0 Å². The first-order valence-electron chi connectivity index (χ1n) is 6.34. The molecule has 1 saturated heterocycles. The normalized spacial score (nSPS) is 21.0. The van der Waals surface area contributed by atoms with Gasteiger partial charge in [0.05, 0.1) is 12.7 Å². The van der Waals surface area contributed by atoms with E-state index in [0.29, 0.717) is 13.1 Å². The number of amides is 1. The second-order valence-corrected chi connectivity index (χ2v) is 6.01. The first-order valence-corrected chi connectivity index (χ1v) is 7.14. The summed E-state index contributed by atoms with van der Waals surface area (Å²) < 4.78 is 6.27. The molecule has 4 rings (SSSR count). The fraction of sp³-hybridized carbons (Fsp3) is 0.267. The van der Waals surface area contributed by atoms with Crippen LogP contribution in [-0.4, -0.2) is 30.1 Å². The van der Waals surface area contributed by atoms with Crippen LogP contribution in [-0.2, 0) is 11.3 Å². The van der Waals surface area contributed by atoms with E-state index in [1.54, 1.807) is 0 Å². The van der Waals surface area contributed by atoms with Crippen LogP contribution in [0.5, 0.6) is 0 Å². The number of hydrogen-bond donors (Lipinski definition) is 0. The van der Waals surface area contributed by atoms with Crippen molar-refractivity contribution in [3.05, 3.63) is 45.9 Å². The highest BCUT2D eigenvalue weighted by molar-refractivity contribution is 9.10. The minimum absolute atomic E-state index is 0.132. The topological polar surface area (TPSA) is 32.8 Å². The molecule has 0 bridgehead atoms.